The van der Waals surface area contributed by atoms with Crippen molar-refractivity contribution in [2.45, 2.75) is 0 Å². The van der Waals surface area contributed by atoms with Gasteiger partial charge in [0.1, 0.15) is 5.75 Å². The second kappa shape index (κ2) is 10.3. The molecule has 1 aromatic heterocycles. The smallest absolute Gasteiger partial charge is 0.246 e. The number of carbonyl (C=O) groups excluding carboxylic acids is 1. The summed E-state index contributed by atoms with van der Waals surface area (Å²) in [6, 6.07) is 28.1. The van der Waals surface area contributed by atoms with Crippen molar-refractivity contribution in [3.63, 3.8) is 0 Å². The molecule has 1 aliphatic heterocycles. The number of anilines is 1. The van der Waals surface area contributed by atoms with Gasteiger partial charge in [0, 0.05) is 49.6 Å². The summed E-state index contributed by atoms with van der Waals surface area (Å²) in [5, 5.41) is 4.82. The Morgan fingerprint density at radius 2 is 1.51 bits per heavy atom. The van der Waals surface area contributed by atoms with Crippen molar-refractivity contribution in [2.24, 2.45) is 0 Å². The first-order chi connectivity index (χ1) is 17.2. The lowest BCUT2D eigenvalue weighted by Gasteiger charge is -2.36. The van der Waals surface area contributed by atoms with Crippen LogP contribution in [0.5, 0.6) is 5.75 Å². The van der Waals surface area contributed by atoms with Gasteiger partial charge in [-0.25, -0.2) is 4.68 Å². The van der Waals surface area contributed by atoms with Gasteiger partial charge in [0.25, 0.3) is 0 Å². The van der Waals surface area contributed by atoms with E-state index >= 15 is 0 Å². The van der Waals surface area contributed by atoms with Gasteiger partial charge in [-0.3, -0.25) is 4.79 Å². The minimum Gasteiger partial charge on any atom is -0.495 e. The van der Waals surface area contributed by atoms with Crippen LogP contribution in [-0.2, 0) is 4.79 Å². The number of hydrogen-bond acceptors (Lipinski definition) is 4. The Kier molecular flexibility index (Phi) is 6.61. The Morgan fingerprint density at radius 1 is 0.857 bits per heavy atom. The molecule has 2 heterocycles. The Balaban J connectivity index is 1.32. The van der Waals surface area contributed by atoms with Gasteiger partial charge < -0.3 is 14.5 Å². The number of rotatable bonds is 6. The highest BCUT2D eigenvalue weighted by Gasteiger charge is 2.22. The molecule has 35 heavy (non-hydrogen) atoms. The SMILES string of the molecule is COc1ccccc1N1CCN(C(=O)C=Cc2cn(-c3ccccc3)nc2-c2ccccc2)CC1. The quantitative estimate of drug-likeness (QED) is 0.381. The monoisotopic (exact) mass is 464 g/mol. The summed E-state index contributed by atoms with van der Waals surface area (Å²) in [6.45, 7) is 2.86. The normalized spacial score (nSPS) is 13.9. The molecule has 6 heteroatoms. The maximum Gasteiger partial charge on any atom is 0.246 e. The van der Waals surface area contributed by atoms with Gasteiger partial charge in [-0.15, -0.1) is 0 Å². The van der Waals surface area contributed by atoms with Gasteiger partial charge in [-0.2, -0.15) is 5.10 Å². The van der Waals surface area contributed by atoms with E-state index in [1.54, 1.807) is 13.2 Å². The molecule has 0 saturated carbocycles. The largest absolute Gasteiger partial charge is 0.495 e. The number of carbonyl (C=O) groups is 1. The van der Waals surface area contributed by atoms with E-state index in [9.17, 15) is 4.79 Å². The minimum atomic E-state index is 0.0103. The fourth-order valence-electron chi connectivity index (χ4n) is 4.37. The van der Waals surface area contributed by atoms with E-state index in [0.29, 0.717) is 13.1 Å². The summed E-state index contributed by atoms with van der Waals surface area (Å²) in [6.07, 6.45) is 5.52. The lowest BCUT2D eigenvalue weighted by atomic mass is 10.1. The molecule has 6 nitrogen and oxygen atoms in total. The first kappa shape index (κ1) is 22.5. The lowest BCUT2D eigenvalue weighted by molar-refractivity contribution is -0.126. The van der Waals surface area contributed by atoms with Crippen molar-refractivity contribution < 1.29 is 9.53 Å². The van der Waals surface area contributed by atoms with E-state index in [2.05, 4.69) is 11.0 Å². The van der Waals surface area contributed by atoms with Crippen molar-refractivity contribution in [1.29, 1.82) is 0 Å². The Hall–Kier alpha value is -4.32. The zero-order valence-corrected chi connectivity index (χ0v) is 19.7. The number of aromatic nitrogens is 2. The third-order valence-electron chi connectivity index (χ3n) is 6.23. The maximum absolute atomic E-state index is 13.0. The average Bonchev–Trinajstić information content (AvgIpc) is 3.37. The third kappa shape index (κ3) is 4.96. The number of piperazine rings is 1. The van der Waals surface area contributed by atoms with Gasteiger partial charge in [0.15, 0.2) is 0 Å². The zero-order valence-electron chi connectivity index (χ0n) is 19.7. The predicted octanol–water partition coefficient (Wildman–Crippen LogP) is 4.91. The summed E-state index contributed by atoms with van der Waals surface area (Å²) in [5.74, 6) is 0.868. The van der Waals surface area contributed by atoms with E-state index in [4.69, 9.17) is 9.84 Å². The standard InChI is InChI=1S/C29H28N4O2/c1-35-27-15-9-8-14-26(27)31-18-20-32(21-19-31)28(34)17-16-24-22-33(25-12-6-3-7-13-25)30-29(24)23-10-4-2-5-11-23/h2-17,22H,18-21H2,1H3. The Morgan fingerprint density at radius 3 is 2.23 bits per heavy atom. The van der Waals surface area contributed by atoms with Crippen molar-refractivity contribution >= 4 is 17.7 Å². The van der Waals surface area contributed by atoms with Gasteiger partial charge in [-0.05, 0) is 30.3 Å². The fourth-order valence-corrected chi connectivity index (χ4v) is 4.37. The zero-order chi connectivity index (χ0) is 24.0. The van der Waals surface area contributed by atoms with Crippen LogP contribution in [0.25, 0.3) is 23.0 Å². The van der Waals surface area contributed by atoms with Crippen LogP contribution >= 0.6 is 0 Å². The molecule has 0 unspecified atom stereocenters. The average molecular weight is 465 g/mol. The van der Waals surface area contributed by atoms with Crippen LogP contribution in [0.4, 0.5) is 5.69 Å². The number of amides is 1. The summed E-state index contributed by atoms with van der Waals surface area (Å²) in [5.41, 5.74) is 4.81. The third-order valence-corrected chi connectivity index (χ3v) is 6.23. The van der Waals surface area contributed by atoms with Crippen molar-refractivity contribution in [1.82, 2.24) is 14.7 Å². The van der Waals surface area contributed by atoms with Gasteiger partial charge in [0.2, 0.25) is 5.91 Å². The molecule has 176 valence electrons. The minimum absolute atomic E-state index is 0.0103. The number of methoxy groups -OCH3 is 1. The topological polar surface area (TPSA) is 50.6 Å². The number of hydrogen-bond donors (Lipinski definition) is 0. The molecule has 1 fully saturated rings. The highest BCUT2D eigenvalue weighted by Crippen LogP contribution is 2.28. The highest BCUT2D eigenvalue weighted by molar-refractivity contribution is 5.93. The predicted molar refractivity (Wildman–Crippen MR) is 140 cm³/mol. The second-order valence-electron chi connectivity index (χ2n) is 8.40. The van der Waals surface area contributed by atoms with E-state index in [-0.39, 0.29) is 5.91 Å². The van der Waals surface area contributed by atoms with Crippen LogP contribution in [-0.4, -0.2) is 53.9 Å². The molecule has 0 spiro atoms. The summed E-state index contributed by atoms with van der Waals surface area (Å²) in [7, 11) is 1.69. The first-order valence-electron chi connectivity index (χ1n) is 11.8. The molecule has 0 aliphatic carbocycles. The maximum atomic E-state index is 13.0. The molecule has 3 aromatic carbocycles. The van der Waals surface area contributed by atoms with Crippen molar-refractivity contribution in [2.75, 3.05) is 38.2 Å². The van der Waals surface area contributed by atoms with Crippen LogP contribution in [0.15, 0.2) is 97.2 Å². The van der Waals surface area contributed by atoms with Gasteiger partial charge in [0.05, 0.1) is 24.2 Å². The van der Waals surface area contributed by atoms with Crippen molar-refractivity contribution in [3.05, 3.63) is 103 Å². The Bertz CT molecular complexity index is 1310. The molecule has 1 saturated heterocycles. The molecule has 1 aliphatic rings. The number of para-hydroxylation sites is 3. The summed E-state index contributed by atoms with van der Waals surface area (Å²) in [4.78, 5) is 17.2. The van der Waals surface area contributed by atoms with Crippen LogP contribution < -0.4 is 9.64 Å². The van der Waals surface area contributed by atoms with Gasteiger partial charge in [-0.1, -0.05) is 60.7 Å². The van der Waals surface area contributed by atoms with Crippen LogP contribution in [0, 0.1) is 0 Å². The molecule has 0 N–H and O–H groups in total. The molecule has 0 radical (unpaired) electrons. The molecular formula is C29H28N4O2. The van der Waals surface area contributed by atoms with Gasteiger partial charge >= 0.3 is 0 Å². The number of benzene rings is 3. The fraction of sp³-hybridized carbons (Fsp3) is 0.172. The summed E-state index contributed by atoms with van der Waals surface area (Å²) >= 11 is 0. The molecule has 4 aromatic rings. The second-order valence-corrected chi connectivity index (χ2v) is 8.40. The van der Waals surface area contributed by atoms with Crippen LogP contribution in [0.3, 0.4) is 0 Å². The van der Waals surface area contributed by atoms with E-state index in [1.165, 1.54) is 0 Å². The van der Waals surface area contributed by atoms with Crippen molar-refractivity contribution in [3.8, 4) is 22.7 Å². The highest BCUT2D eigenvalue weighted by atomic mass is 16.5. The molecular weight excluding hydrogens is 436 g/mol. The summed E-state index contributed by atoms with van der Waals surface area (Å²) < 4.78 is 7.36. The van der Waals surface area contributed by atoms with E-state index < -0.39 is 0 Å². The Labute approximate surface area is 205 Å². The number of ether oxygens (including phenoxy) is 1. The molecule has 0 bridgehead atoms. The van der Waals surface area contributed by atoms with E-state index in [0.717, 1.165) is 47.0 Å². The van der Waals surface area contributed by atoms with E-state index in [1.807, 2.05) is 101 Å². The molecule has 0 atom stereocenters. The van der Waals surface area contributed by atoms with Crippen LogP contribution in [0.2, 0.25) is 0 Å². The number of nitrogens with zero attached hydrogens (tertiary/aromatic N) is 4. The lowest BCUT2D eigenvalue weighted by Crippen LogP contribution is -2.48. The van der Waals surface area contributed by atoms with Crippen LogP contribution in [0.1, 0.15) is 5.56 Å². The first-order valence-corrected chi connectivity index (χ1v) is 11.8. The molecule has 5 rings (SSSR count). The molecule has 1 amide bonds.